The highest BCUT2D eigenvalue weighted by Gasteiger charge is 2.13. The van der Waals surface area contributed by atoms with Crippen LogP contribution in [0.2, 0.25) is 0 Å². The average molecular weight is 261 g/mol. The summed E-state index contributed by atoms with van der Waals surface area (Å²) in [5.41, 5.74) is 2.76. The van der Waals surface area contributed by atoms with Gasteiger partial charge in [0.25, 0.3) is 0 Å². The minimum Gasteiger partial charge on any atom is -0.475 e. The lowest BCUT2D eigenvalue weighted by molar-refractivity contribution is 0.0684. The smallest absolute Gasteiger partial charge is 0.374 e. The third-order valence-electron chi connectivity index (χ3n) is 2.93. The number of aryl methyl sites for hydroxylation is 2. The summed E-state index contributed by atoms with van der Waals surface area (Å²) >= 11 is 1.92. The molecular weight excluding hydrogens is 250 g/mol. The van der Waals surface area contributed by atoms with E-state index in [1.54, 1.807) is 0 Å². The summed E-state index contributed by atoms with van der Waals surface area (Å²) in [5, 5.41) is 9.68. The van der Waals surface area contributed by atoms with Crippen molar-refractivity contribution in [3.63, 3.8) is 0 Å². The number of fused-ring (bicyclic) bond motifs is 2. The molecule has 0 atom stereocenters. The zero-order valence-corrected chi connectivity index (χ0v) is 10.4. The summed E-state index contributed by atoms with van der Waals surface area (Å²) < 4.78 is 0. The molecule has 2 aromatic rings. The van der Waals surface area contributed by atoms with Crippen molar-refractivity contribution in [2.75, 3.05) is 11.5 Å². The fourth-order valence-corrected chi connectivity index (χ4v) is 2.94. The number of rotatable bonds is 1. The highest BCUT2D eigenvalue weighted by atomic mass is 32.2. The van der Waals surface area contributed by atoms with E-state index < -0.39 is 5.97 Å². The largest absolute Gasteiger partial charge is 0.475 e. The number of nitrogens with zero attached hydrogens (tertiary/aromatic N) is 3. The number of hydrogen-bond donors (Lipinski definition) is 1. The minimum atomic E-state index is -1.12. The maximum Gasteiger partial charge on any atom is 0.374 e. The molecule has 1 N–H and O–H groups in total. The summed E-state index contributed by atoms with van der Waals surface area (Å²) in [6.45, 7) is 0. The zero-order valence-electron chi connectivity index (χ0n) is 9.59. The molecule has 0 saturated carbocycles. The second-order valence-electron chi connectivity index (χ2n) is 4.12. The van der Waals surface area contributed by atoms with Gasteiger partial charge in [-0.25, -0.2) is 19.7 Å². The maximum absolute atomic E-state index is 10.8. The molecule has 6 heteroatoms. The third-order valence-corrected chi connectivity index (χ3v) is 3.91. The molecule has 5 nitrogen and oxygen atoms in total. The summed E-state index contributed by atoms with van der Waals surface area (Å²) in [6, 6.07) is 2.04. The highest BCUT2D eigenvalue weighted by molar-refractivity contribution is 7.99. The van der Waals surface area contributed by atoms with E-state index in [0.717, 1.165) is 35.4 Å². The van der Waals surface area contributed by atoms with Crippen molar-refractivity contribution < 1.29 is 9.90 Å². The molecule has 3 heterocycles. The Bertz CT molecular complexity index is 630. The topological polar surface area (TPSA) is 76.0 Å². The van der Waals surface area contributed by atoms with E-state index in [2.05, 4.69) is 15.0 Å². The fourth-order valence-electron chi connectivity index (χ4n) is 2.03. The standard InChI is InChI=1S/C12H11N3O2S/c16-12(17)11-13-6-8-5-7-1-3-18-4-2-9(7)14-10(8)15-11/h5-6H,1-4H2,(H,16,17). The second kappa shape index (κ2) is 4.53. The van der Waals surface area contributed by atoms with Crippen molar-refractivity contribution in [1.82, 2.24) is 15.0 Å². The molecule has 0 saturated heterocycles. The first-order valence-electron chi connectivity index (χ1n) is 5.70. The first-order valence-corrected chi connectivity index (χ1v) is 6.86. The van der Waals surface area contributed by atoms with E-state index >= 15 is 0 Å². The van der Waals surface area contributed by atoms with Gasteiger partial charge in [0.15, 0.2) is 5.65 Å². The Morgan fingerprint density at radius 1 is 1.28 bits per heavy atom. The molecule has 0 spiro atoms. The van der Waals surface area contributed by atoms with Crippen molar-refractivity contribution in [2.24, 2.45) is 0 Å². The van der Waals surface area contributed by atoms with Crippen molar-refractivity contribution in [2.45, 2.75) is 12.8 Å². The van der Waals surface area contributed by atoms with Crippen molar-refractivity contribution >= 4 is 28.8 Å². The van der Waals surface area contributed by atoms with E-state index in [-0.39, 0.29) is 5.82 Å². The third kappa shape index (κ3) is 2.03. The van der Waals surface area contributed by atoms with Gasteiger partial charge in [-0.1, -0.05) is 0 Å². The van der Waals surface area contributed by atoms with Crippen molar-refractivity contribution in [3.05, 3.63) is 29.3 Å². The zero-order chi connectivity index (χ0) is 12.5. The Balaban J connectivity index is 2.16. The van der Waals surface area contributed by atoms with Gasteiger partial charge < -0.3 is 5.11 Å². The number of carbonyl (C=O) groups is 1. The molecule has 0 fully saturated rings. The van der Waals surface area contributed by atoms with Crippen LogP contribution >= 0.6 is 11.8 Å². The van der Waals surface area contributed by atoms with E-state index in [9.17, 15) is 4.79 Å². The quantitative estimate of drug-likeness (QED) is 0.839. The van der Waals surface area contributed by atoms with Gasteiger partial charge in [0, 0.05) is 17.3 Å². The van der Waals surface area contributed by atoms with Crippen LogP contribution < -0.4 is 0 Å². The van der Waals surface area contributed by atoms with E-state index in [4.69, 9.17) is 5.11 Å². The van der Waals surface area contributed by atoms with Gasteiger partial charge >= 0.3 is 5.97 Å². The monoisotopic (exact) mass is 261 g/mol. The summed E-state index contributed by atoms with van der Waals surface area (Å²) in [6.07, 6.45) is 3.46. The maximum atomic E-state index is 10.8. The molecule has 0 radical (unpaired) electrons. The molecule has 18 heavy (non-hydrogen) atoms. The van der Waals surface area contributed by atoms with Gasteiger partial charge in [0.2, 0.25) is 5.82 Å². The second-order valence-corrected chi connectivity index (χ2v) is 5.34. The highest BCUT2D eigenvalue weighted by Crippen LogP contribution is 2.21. The van der Waals surface area contributed by atoms with Gasteiger partial charge in [-0.15, -0.1) is 0 Å². The number of hydrogen-bond acceptors (Lipinski definition) is 5. The van der Waals surface area contributed by atoms with E-state index in [1.165, 1.54) is 11.8 Å². The van der Waals surface area contributed by atoms with Crippen LogP contribution in [0.1, 0.15) is 21.9 Å². The number of aromatic carboxylic acids is 1. The van der Waals surface area contributed by atoms with Gasteiger partial charge in [-0.3, -0.25) is 0 Å². The Morgan fingerprint density at radius 2 is 2.11 bits per heavy atom. The molecule has 0 amide bonds. The van der Waals surface area contributed by atoms with E-state index in [1.807, 2.05) is 17.8 Å². The van der Waals surface area contributed by atoms with Crippen LogP contribution in [0, 0.1) is 0 Å². The van der Waals surface area contributed by atoms with Gasteiger partial charge in [0.1, 0.15) is 0 Å². The molecule has 0 unspecified atom stereocenters. The average Bonchev–Trinajstić information content (AvgIpc) is 2.59. The van der Waals surface area contributed by atoms with Crippen LogP contribution in [0.3, 0.4) is 0 Å². The van der Waals surface area contributed by atoms with E-state index in [0.29, 0.717) is 5.65 Å². The van der Waals surface area contributed by atoms with Crippen molar-refractivity contribution in [1.29, 1.82) is 0 Å². The molecule has 1 aliphatic rings. The molecule has 2 aromatic heterocycles. The molecule has 92 valence electrons. The molecule has 1 aliphatic heterocycles. The van der Waals surface area contributed by atoms with Crippen LogP contribution in [0.4, 0.5) is 0 Å². The summed E-state index contributed by atoms with van der Waals surface area (Å²) in [4.78, 5) is 23.1. The number of carboxylic acid groups (broad SMARTS) is 1. The first-order chi connectivity index (χ1) is 8.74. The number of carboxylic acids is 1. The predicted octanol–water partition coefficient (Wildman–Crippen LogP) is 1.55. The number of thioether (sulfide) groups is 1. The minimum absolute atomic E-state index is 0.196. The Hall–Kier alpha value is -1.69. The van der Waals surface area contributed by atoms with Gasteiger partial charge in [0.05, 0.1) is 0 Å². The Morgan fingerprint density at radius 3 is 2.94 bits per heavy atom. The van der Waals surface area contributed by atoms with Crippen LogP contribution in [0.25, 0.3) is 11.0 Å². The fraction of sp³-hybridized carbons (Fsp3) is 0.333. The van der Waals surface area contributed by atoms with Gasteiger partial charge in [-0.2, -0.15) is 11.8 Å². The number of aromatic nitrogens is 3. The molecular formula is C12H11N3O2S. The summed E-state index contributed by atoms with van der Waals surface area (Å²) in [7, 11) is 0. The SMILES string of the molecule is O=C(O)c1ncc2cc3c(nc2n1)CCSCC3. The van der Waals surface area contributed by atoms with Crippen LogP contribution in [-0.4, -0.2) is 37.5 Å². The van der Waals surface area contributed by atoms with Crippen molar-refractivity contribution in [3.8, 4) is 0 Å². The predicted molar refractivity (Wildman–Crippen MR) is 69.0 cm³/mol. The Kier molecular flexibility index (Phi) is 2.87. The molecule has 0 aromatic carbocycles. The lowest BCUT2D eigenvalue weighted by atomic mass is 10.1. The van der Waals surface area contributed by atoms with Crippen LogP contribution in [0.5, 0.6) is 0 Å². The molecule has 0 aliphatic carbocycles. The number of pyridine rings is 1. The molecule has 0 bridgehead atoms. The van der Waals surface area contributed by atoms with Crippen LogP contribution in [-0.2, 0) is 12.8 Å². The first kappa shape index (κ1) is 11.4. The van der Waals surface area contributed by atoms with Crippen LogP contribution in [0.15, 0.2) is 12.3 Å². The molecule has 3 rings (SSSR count). The Labute approximate surface area is 108 Å². The lowest BCUT2D eigenvalue weighted by Gasteiger charge is -2.06. The normalized spacial score (nSPS) is 15.1. The van der Waals surface area contributed by atoms with Gasteiger partial charge in [-0.05, 0) is 36.0 Å². The summed E-state index contributed by atoms with van der Waals surface area (Å²) in [5.74, 6) is 0.846. The lowest BCUT2D eigenvalue weighted by Crippen LogP contribution is -2.06.